The lowest BCUT2D eigenvalue weighted by atomic mass is 9.85. The average molecular weight is 427 g/mol. The summed E-state index contributed by atoms with van der Waals surface area (Å²) >= 11 is 0. The van der Waals surface area contributed by atoms with Crippen molar-refractivity contribution in [3.05, 3.63) is 52.7 Å². The monoisotopic (exact) mass is 427 g/mol. The van der Waals surface area contributed by atoms with Crippen LogP contribution in [0.25, 0.3) is 0 Å². The van der Waals surface area contributed by atoms with Gasteiger partial charge in [-0.1, -0.05) is 0 Å². The average Bonchev–Trinajstić information content (AvgIpc) is 3.32. The van der Waals surface area contributed by atoms with Crippen molar-refractivity contribution < 1.29 is 33.8 Å². The number of hydrogen-bond donors (Lipinski definition) is 2. The van der Waals surface area contributed by atoms with Crippen molar-refractivity contribution in [2.24, 2.45) is 11.8 Å². The number of aliphatic hydroxyl groups excluding tert-OH is 1. The number of carboxylic acids is 1. The predicted octanol–water partition coefficient (Wildman–Crippen LogP) is 2.67. The van der Waals surface area contributed by atoms with Gasteiger partial charge in [0.25, 0.3) is 0 Å². The fourth-order valence-electron chi connectivity index (χ4n) is 4.61. The van der Waals surface area contributed by atoms with E-state index in [2.05, 4.69) is 4.98 Å². The van der Waals surface area contributed by atoms with Gasteiger partial charge in [-0.05, 0) is 67.3 Å². The van der Waals surface area contributed by atoms with Crippen LogP contribution in [0.4, 0.5) is 0 Å². The predicted molar refractivity (Wildman–Crippen MR) is 107 cm³/mol. The van der Waals surface area contributed by atoms with Gasteiger partial charge < -0.3 is 19.4 Å². The maximum absolute atomic E-state index is 12.4. The smallest absolute Gasteiger partial charge is 0.371 e. The summed E-state index contributed by atoms with van der Waals surface area (Å²) in [6.45, 7) is 0.299. The minimum absolute atomic E-state index is 0.0780. The quantitative estimate of drug-likeness (QED) is 0.616. The van der Waals surface area contributed by atoms with Crippen molar-refractivity contribution in [3.63, 3.8) is 0 Å². The minimum Gasteiger partial charge on any atom is -0.475 e. The molecule has 1 unspecified atom stereocenters. The van der Waals surface area contributed by atoms with E-state index < -0.39 is 18.0 Å². The molecule has 164 valence electrons. The normalized spacial score (nSPS) is 23.2. The molecular weight excluding hydrogens is 402 g/mol. The van der Waals surface area contributed by atoms with Gasteiger partial charge in [0.2, 0.25) is 11.5 Å². The number of carbonyl (C=O) groups is 3. The van der Waals surface area contributed by atoms with Crippen molar-refractivity contribution in [3.8, 4) is 0 Å². The molecule has 1 saturated carbocycles. The molecule has 1 fully saturated rings. The van der Waals surface area contributed by atoms with Crippen LogP contribution in [0.3, 0.4) is 0 Å². The molecule has 8 nitrogen and oxygen atoms in total. The van der Waals surface area contributed by atoms with Crippen LogP contribution >= 0.6 is 0 Å². The second-order valence-electron chi connectivity index (χ2n) is 8.22. The molecule has 31 heavy (non-hydrogen) atoms. The summed E-state index contributed by atoms with van der Waals surface area (Å²) in [5.74, 6) is -2.25. The maximum atomic E-state index is 12.4. The number of aliphatic hydroxyl groups is 1. The summed E-state index contributed by atoms with van der Waals surface area (Å²) in [6, 6.07) is 4.83. The number of carboxylic acid groups (broad SMARTS) is 1. The molecule has 3 atom stereocenters. The van der Waals surface area contributed by atoms with Crippen molar-refractivity contribution in [2.75, 3.05) is 6.61 Å². The summed E-state index contributed by atoms with van der Waals surface area (Å²) in [7, 11) is 0. The zero-order chi connectivity index (χ0) is 22.0. The summed E-state index contributed by atoms with van der Waals surface area (Å²) in [4.78, 5) is 39.7. The largest absolute Gasteiger partial charge is 0.475 e. The third-order valence-electron chi connectivity index (χ3n) is 6.21. The van der Waals surface area contributed by atoms with E-state index in [1.165, 1.54) is 12.1 Å². The van der Waals surface area contributed by atoms with Crippen LogP contribution < -0.4 is 0 Å². The number of ether oxygens (including phenoxy) is 1. The number of pyridine rings is 1. The Morgan fingerprint density at radius 2 is 2.10 bits per heavy atom. The molecular formula is C23H25NO7. The van der Waals surface area contributed by atoms with Gasteiger partial charge in [0.1, 0.15) is 12.4 Å². The van der Waals surface area contributed by atoms with Crippen LogP contribution in [0.15, 0.2) is 28.8 Å². The number of hydrogen-bond acceptors (Lipinski definition) is 7. The lowest BCUT2D eigenvalue weighted by Crippen LogP contribution is -2.22. The van der Waals surface area contributed by atoms with Crippen molar-refractivity contribution in [1.29, 1.82) is 0 Å². The Morgan fingerprint density at radius 3 is 2.87 bits per heavy atom. The van der Waals surface area contributed by atoms with E-state index in [1.54, 1.807) is 6.20 Å². The summed E-state index contributed by atoms with van der Waals surface area (Å²) in [5.41, 5.74) is 2.88. The first-order chi connectivity index (χ1) is 14.9. The Morgan fingerprint density at radius 1 is 1.26 bits per heavy atom. The fourth-order valence-corrected chi connectivity index (χ4v) is 4.61. The van der Waals surface area contributed by atoms with Crippen LogP contribution in [-0.4, -0.2) is 39.3 Å². The van der Waals surface area contributed by atoms with Crippen LogP contribution in [0, 0.1) is 11.8 Å². The third kappa shape index (κ3) is 4.60. The van der Waals surface area contributed by atoms with E-state index in [1.807, 2.05) is 6.07 Å². The summed E-state index contributed by atoms with van der Waals surface area (Å²) in [6.07, 6.45) is 4.97. The van der Waals surface area contributed by atoms with E-state index >= 15 is 0 Å². The van der Waals surface area contributed by atoms with Crippen LogP contribution in [0.1, 0.15) is 64.9 Å². The lowest BCUT2D eigenvalue weighted by molar-refractivity contribution is -0.135. The van der Waals surface area contributed by atoms with Crippen LogP contribution in [-0.2, 0) is 33.8 Å². The van der Waals surface area contributed by atoms with Crippen LogP contribution in [0.2, 0.25) is 0 Å². The topological polar surface area (TPSA) is 127 Å². The van der Waals surface area contributed by atoms with E-state index in [-0.39, 0.29) is 42.9 Å². The first-order valence-electron chi connectivity index (χ1n) is 10.6. The SMILES string of the molecule is O=C1C[C@H](COCc2ccc(C(=O)O)o2)[C@@H](CCc2ccnc3c2CCCC3O)C1=O. The Hall–Kier alpha value is -2.84. The molecule has 2 aromatic heterocycles. The molecule has 2 N–H and O–H groups in total. The fraction of sp³-hybridized carbons (Fsp3) is 0.478. The van der Waals surface area contributed by atoms with Gasteiger partial charge >= 0.3 is 5.97 Å². The molecule has 0 aliphatic heterocycles. The molecule has 2 heterocycles. The van der Waals surface area contributed by atoms with Gasteiger partial charge in [-0.3, -0.25) is 14.6 Å². The van der Waals surface area contributed by atoms with Crippen LogP contribution in [0.5, 0.6) is 0 Å². The number of ketones is 2. The summed E-state index contributed by atoms with van der Waals surface area (Å²) < 4.78 is 10.8. The van der Waals surface area contributed by atoms with E-state index in [0.717, 1.165) is 29.7 Å². The highest BCUT2D eigenvalue weighted by atomic mass is 16.5. The van der Waals surface area contributed by atoms with E-state index in [4.69, 9.17) is 14.3 Å². The number of furan rings is 1. The van der Waals surface area contributed by atoms with Gasteiger partial charge in [-0.15, -0.1) is 0 Å². The van der Waals surface area contributed by atoms with Gasteiger partial charge in [-0.25, -0.2) is 4.79 Å². The first-order valence-corrected chi connectivity index (χ1v) is 10.6. The molecule has 8 heteroatoms. The zero-order valence-corrected chi connectivity index (χ0v) is 17.1. The number of aromatic carboxylic acids is 1. The molecule has 0 amide bonds. The van der Waals surface area contributed by atoms with Gasteiger partial charge in [0.05, 0.1) is 18.4 Å². The Labute approximate surface area is 179 Å². The molecule has 2 aromatic rings. The highest BCUT2D eigenvalue weighted by Gasteiger charge is 2.41. The maximum Gasteiger partial charge on any atom is 0.371 e. The standard InChI is InChI=1S/C23H25NO7/c25-18-3-1-2-16-13(8-9-24-21(16)18)4-6-17-14(10-19(26)22(17)27)11-30-12-15-5-7-20(31-15)23(28)29/h5,7-9,14,17-18,25H,1-4,6,10-12H2,(H,28,29)/t14-,17-,18?/m1/s1. The molecule has 0 bridgehead atoms. The highest BCUT2D eigenvalue weighted by molar-refractivity contribution is 6.40. The lowest BCUT2D eigenvalue weighted by Gasteiger charge is -2.23. The number of aromatic nitrogens is 1. The summed E-state index contributed by atoms with van der Waals surface area (Å²) in [5, 5.41) is 19.1. The Balaban J connectivity index is 1.37. The second-order valence-corrected chi connectivity index (χ2v) is 8.22. The molecule has 2 aliphatic rings. The highest BCUT2D eigenvalue weighted by Crippen LogP contribution is 2.34. The number of fused-ring (bicyclic) bond motifs is 1. The molecule has 0 radical (unpaired) electrons. The van der Waals surface area contributed by atoms with Gasteiger partial charge in [0, 0.05) is 18.5 Å². The van der Waals surface area contributed by atoms with Crippen molar-refractivity contribution >= 4 is 17.5 Å². The zero-order valence-electron chi connectivity index (χ0n) is 17.1. The molecule has 0 spiro atoms. The molecule has 0 aromatic carbocycles. The van der Waals surface area contributed by atoms with E-state index in [0.29, 0.717) is 25.0 Å². The number of carbonyl (C=O) groups excluding carboxylic acids is 2. The minimum atomic E-state index is -1.15. The number of nitrogens with zero attached hydrogens (tertiary/aromatic N) is 1. The van der Waals surface area contributed by atoms with Crippen molar-refractivity contribution in [1.82, 2.24) is 4.98 Å². The second kappa shape index (κ2) is 9.11. The molecule has 4 rings (SSSR count). The molecule has 2 aliphatic carbocycles. The van der Waals surface area contributed by atoms with Crippen molar-refractivity contribution in [2.45, 2.75) is 51.2 Å². The van der Waals surface area contributed by atoms with Gasteiger partial charge in [0.15, 0.2) is 5.78 Å². The molecule has 0 saturated heterocycles. The number of aryl methyl sites for hydroxylation is 1. The first kappa shape index (κ1) is 21.4. The van der Waals surface area contributed by atoms with E-state index in [9.17, 15) is 19.5 Å². The third-order valence-corrected chi connectivity index (χ3v) is 6.21. The number of Topliss-reactive ketones (excluding diaryl/α,β-unsaturated/α-hetero) is 2. The number of rotatable bonds is 8. The Kier molecular flexibility index (Phi) is 6.29. The Bertz CT molecular complexity index is 996. The van der Waals surface area contributed by atoms with Gasteiger partial charge in [-0.2, -0.15) is 0 Å².